The lowest BCUT2D eigenvalue weighted by molar-refractivity contribution is 0.0695. The third-order valence-electron chi connectivity index (χ3n) is 6.50. The number of rotatable bonds is 5. The number of aromatic carboxylic acids is 1. The minimum absolute atomic E-state index is 0.0987. The Balaban J connectivity index is 1.31. The van der Waals surface area contributed by atoms with Crippen molar-refractivity contribution in [1.82, 2.24) is 9.47 Å². The second-order valence-electron chi connectivity index (χ2n) is 8.91. The summed E-state index contributed by atoms with van der Waals surface area (Å²) < 4.78 is 17.8. The zero-order valence-corrected chi connectivity index (χ0v) is 22.2. The van der Waals surface area contributed by atoms with Crippen molar-refractivity contribution in [2.75, 3.05) is 31.1 Å². The minimum Gasteiger partial charge on any atom is -0.477 e. The number of anilines is 1. The first-order valence-electron chi connectivity index (χ1n) is 11.4. The van der Waals surface area contributed by atoms with Gasteiger partial charge in [-0.2, -0.15) is 0 Å². The number of fused-ring (bicyclic) bond motifs is 1. The number of carboxylic acid groups (broad SMARTS) is 1. The number of aromatic nitrogens is 1. The van der Waals surface area contributed by atoms with Gasteiger partial charge in [0.25, 0.3) is 0 Å². The van der Waals surface area contributed by atoms with E-state index in [0.717, 1.165) is 22.7 Å². The first kappa shape index (κ1) is 25.3. The molecule has 0 bridgehead atoms. The van der Waals surface area contributed by atoms with Crippen molar-refractivity contribution in [1.29, 1.82) is 0 Å². The van der Waals surface area contributed by atoms with E-state index >= 15 is 4.39 Å². The number of carbonyl (C=O) groups is 1. The molecule has 188 valence electrons. The molecule has 0 unspecified atom stereocenters. The van der Waals surface area contributed by atoms with Crippen LogP contribution in [0.25, 0.3) is 10.9 Å². The van der Waals surface area contributed by atoms with Crippen LogP contribution in [0.2, 0.25) is 10.0 Å². The van der Waals surface area contributed by atoms with Gasteiger partial charge in [-0.3, -0.25) is 4.79 Å². The van der Waals surface area contributed by atoms with Crippen molar-refractivity contribution in [3.05, 3.63) is 73.7 Å². The monoisotopic (exact) mass is 565 g/mol. The van der Waals surface area contributed by atoms with Crippen LogP contribution in [0.3, 0.4) is 0 Å². The molecule has 1 aliphatic carbocycles. The fourth-order valence-corrected chi connectivity index (χ4v) is 5.92. The van der Waals surface area contributed by atoms with E-state index in [0.29, 0.717) is 53.2 Å². The van der Waals surface area contributed by atoms with Gasteiger partial charge in [0, 0.05) is 49.6 Å². The van der Waals surface area contributed by atoms with Gasteiger partial charge in [0.1, 0.15) is 15.7 Å². The molecule has 0 atom stereocenters. The Morgan fingerprint density at radius 1 is 1.11 bits per heavy atom. The molecule has 2 heterocycles. The van der Waals surface area contributed by atoms with Crippen LogP contribution in [0.1, 0.15) is 34.8 Å². The van der Waals surface area contributed by atoms with Gasteiger partial charge in [0.05, 0.1) is 21.2 Å². The first-order valence-corrected chi connectivity index (χ1v) is 13.6. The highest BCUT2D eigenvalue weighted by Crippen LogP contribution is 2.38. The second kappa shape index (κ2) is 10.2. The highest BCUT2D eigenvalue weighted by atomic mass is 35.5. The Morgan fingerprint density at radius 2 is 1.83 bits per heavy atom. The Morgan fingerprint density at radius 3 is 2.47 bits per heavy atom. The maximum Gasteiger partial charge on any atom is 0.341 e. The molecular formula is C25H22Cl2FN3O3S2. The van der Waals surface area contributed by atoms with Gasteiger partial charge in [-0.25, -0.2) is 9.18 Å². The number of pyridine rings is 1. The van der Waals surface area contributed by atoms with E-state index in [1.807, 2.05) is 21.6 Å². The molecule has 1 saturated heterocycles. The van der Waals surface area contributed by atoms with E-state index in [2.05, 4.69) is 4.90 Å². The number of hydrogen-bond donors (Lipinski definition) is 1. The number of carboxylic acids is 1. The zero-order valence-electron chi connectivity index (χ0n) is 19.0. The smallest absolute Gasteiger partial charge is 0.341 e. The fourth-order valence-electron chi connectivity index (χ4n) is 4.40. The van der Waals surface area contributed by atoms with Crippen LogP contribution < -0.4 is 10.3 Å². The van der Waals surface area contributed by atoms with Gasteiger partial charge < -0.3 is 19.5 Å². The van der Waals surface area contributed by atoms with Gasteiger partial charge in [0.15, 0.2) is 0 Å². The van der Waals surface area contributed by atoms with E-state index < -0.39 is 17.2 Å². The number of benzene rings is 2. The van der Waals surface area contributed by atoms with Gasteiger partial charge >= 0.3 is 5.97 Å². The molecule has 0 amide bonds. The highest BCUT2D eigenvalue weighted by molar-refractivity contribution is 8.22. The van der Waals surface area contributed by atoms with E-state index in [4.69, 9.17) is 35.4 Å². The van der Waals surface area contributed by atoms with Crippen LogP contribution in [0.15, 0.2) is 41.3 Å². The number of piperazine rings is 1. The Kier molecular flexibility index (Phi) is 7.18. The highest BCUT2D eigenvalue weighted by Gasteiger charge is 2.28. The quantitative estimate of drug-likeness (QED) is 0.391. The number of thioether (sulfide) groups is 1. The van der Waals surface area contributed by atoms with Crippen LogP contribution in [-0.2, 0) is 5.75 Å². The van der Waals surface area contributed by atoms with E-state index in [1.54, 1.807) is 23.9 Å². The largest absolute Gasteiger partial charge is 0.477 e. The standard InChI is InChI=1S/C25H22Cl2FN3O3S2/c26-18-4-1-14(9-19(18)27)13-36-25(35)30-7-5-29(6-8-30)22-11-21-16(10-20(22)28)23(32)17(24(33)34)12-31(21)15-2-3-15/h1,4,9-12,15H,2-3,5-8,13H2,(H,33,34). The minimum atomic E-state index is -1.30. The number of hydrogen-bond acceptors (Lipinski definition) is 5. The molecule has 2 fully saturated rings. The number of nitrogens with zero attached hydrogens (tertiary/aromatic N) is 3. The molecule has 3 aromatic rings. The van der Waals surface area contributed by atoms with Gasteiger partial charge in [-0.15, -0.1) is 0 Å². The molecule has 0 radical (unpaired) electrons. The summed E-state index contributed by atoms with van der Waals surface area (Å²) in [5.41, 5.74) is 1.02. The van der Waals surface area contributed by atoms with Crippen molar-refractivity contribution in [2.24, 2.45) is 0 Å². The van der Waals surface area contributed by atoms with Crippen LogP contribution in [0.5, 0.6) is 0 Å². The molecule has 1 aliphatic heterocycles. The molecule has 36 heavy (non-hydrogen) atoms. The Hall–Kier alpha value is -2.33. The lowest BCUT2D eigenvalue weighted by Crippen LogP contribution is -2.48. The van der Waals surface area contributed by atoms with Gasteiger partial charge in [-0.1, -0.05) is 53.2 Å². The summed E-state index contributed by atoms with van der Waals surface area (Å²) in [6.07, 6.45) is 3.20. The summed E-state index contributed by atoms with van der Waals surface area (Å²) in [5, 5.41) is 10.6. The normalized spacial score (nSPS) is 16.0. The SMILES string of the molecule is O=C(O)c1cn(C2CC2)c2cc(N3CCN(C(=S)SCc4ccc(Cl)c(Cl)c4)CC3)c(F)cc2c1=O. The van der Waals surface area contributed by atoms with Gasteiger partial charge in [0.2, 0.25) is 5.43 Å². The lowest BCUT2D eigenvalue weighted by atomic mass is 10.1. The van der Waals surface area contributed by atoms with E-state index in [-0.39, 0.29) is 17.0 Å². The molecule has 2 aliphatic rings. The summed E-state index contributed by atoms with van der Waals surface area (Å²) in [6.45, 7) is 2.41. The van der Waals surface area contributed by atoms with E-state index in [1.165, 1.54) is 12.3 Å². The maximum absolute atomic E-state index is 15.2. The molecule has 2 aromatic carbocycles. The topological polar surface area (TPSA) is 65.8 Å². The first-order chi connectivity index (χ1) is 17.2. The maximum atomic E-state index is 15.2. The third-order valence-corrected chi connectivity index (χ3v) is 8.83. The Bertz CT molecular complexity index is 1440. The molecule has 11 heteroatoms. The molecule has 6 nitrogen and oxygen atoms in total. The van der Waals surface area contributed by atoms with E-state index in [9.17, 15) is 14.7 Å². The van der Waals surface area contributed by atoms with Crippen molar-refractivity contribution >= 4 is 74.1 Å². The number of thiocarbonyl (C=S) groups is 1. The van der Waals surface area contributed by atoms with Crippen LogP contribution in [0.4, 0.5) is 10.1 Å². The molecular weight excluding hydrogens is 544 g/mol. The van der Waals surface area contributed by atoms with Crippen molar-refractivity contribution in [3.63, 3.8) is 0 Å². The predicted octanol–water partition coefficient (Wildman–Crippen LogP) is 5.82. The summed E-state index contributed by atoms with van der Waals surface area (Å²) in [6, 6.07) is 8.52. The molecule has 1 saturated carbocycles. The van der Waals surface area contributed by atoms with Crippen LogP contribution >= 0.6 is 47.2 Å². The molecule has 1 N–H and O–H groups in total. The summed E-state index contributed by atoms with van der Waals surface area (Å²) in [7, 11) is 0. The Labute approximate surface area is 226 Å². The average molecular weight is 567 g/mol. The second-order valence-corrected chi connectivity index (χ2v) is 11.3. The lowest BCUT2D eigenvalue weighted by Gasteiger charge is -2.37. The summed E-state index contributed by atoms with van der Waals surface area (Å²) >= 11 is 19.3. The molecule has 0 spiro atoms. The average Bonchev–Trinajstić information content (AvgIpc) is 3.70. The summed E-state index contributed by atoms with van der Waals surface area (Å²) in [5.74, 6) is -1.16. The summed E-state index contributed by atoms with van der Waals surface area (Å²) in [4.78, 5) is 28.3. The van der Waals surface area contributed by atoms with Crippen LogP contribution in [0, 0.1) is 5.82 Å². The van der Waals surface area contributed by atoms with Crippen molar-refractivity contribution in [2.45, 2.75) is 24.6 Å². The third kappa shape index (κ3) is 5.07. The predicted molar refractivity (Wildman–Crippen MR) is 148 cm³/mol. The van der Waals surface area contributed by atoms with Crippen molar-refractivity contribution in [3.8, 4) is 0 Å². The molecule has 5 rings (SSSR count). The fraction of sp³-hybridized carbons (Fsp3) is 0.320. The zero-order chi connectivity index (χ0) is 25.6. The van der Waals surface area contributed by atoms with Crippen LogP contribution in [-0.4, -0.2) is 51.0 Å². The van der Waals surface area contributed by atoms with Gasteiger partial charge in [-0.05, 0) is 42.7 Å². The molecule has 1 aromatic heterocycles. The number of halogens is 3. The van der Waals surface area contributed by atoms with Crippen molar-refractivity contribution < 1.29 is 14.3 Å².